The second-order valence-corrected chi connectivity index (χ2v) is 5.56. The third kappa shape index (κ3) is 4.07. The zero-order valence-electron chi connectivity index (χ0n) is 11.3. The Labute approximate surface area is 124 Å². The van der Waals surface area contributed by atoms with Crippen molar-refractivity contribution in [2.24, 2.45) is 0 Å². The van der Waals surface area contributed by atoms with Crippen molar-refractivity contribution in [2.45, 2.75) is 38.3 Å². The van der Waals surface area contributed by atoms with E-state index in [4.69, 9.17) is 23.2 Å². The van der Waals surface area contributed by atoms with Gasteiger partial charge in [0, 0.05) is 16.1 Å². The SMILES string of the molecule is CCC(NC(CC)(CO)CO)c1ccc(Cl)cc1Cl. The van der Waals surface area contributed by atoms with Crippen LogP contribution in [0.15, 0.2) is 18.2 Å². The van der Waals surface area contributed by atoms with Crippen LogP contribution in [0.5, 0.6) is 0 Å². The number of aliphatic hydroxyl groups is 2. The number of rotatable bonds is 7. The van der Waals surface area contributed by atoms with E-state index >= 15 is 0 Å². The van der Waals surface area contributed by atoms with Crippen LogP contribution < -0.4 is 5.32 Å². The Morgan fingerprint density at radius 1 is 1.21 bits per heavy atom. The summed E-state index contributed by atoms with van der Waals surface area (Å²) >= 11 is 12.1. The zero-order chi connectivity index (χ0) is 14.5. The van der Waals surface area contributed by atoms with Gasteiger partial charge < -0.3 is 15.5 Å². The Morgan fingerprint density at radius 3 is 2.26 bits per heavy atom. The van der Waals surface area contributed by atoms with E-state index in [1.165, 1.54) is 0 Å². The lowest BCUT2D eigenvalue weighted by Gasteiger charge is -2.35. The molecule has 19 heavy (non-hydrogen) atoms. The molecule has 0 aromatic heterocycles. The minimum absolute atomic E-state index is 0.0379. The van der Waals surface area contributed by atoms with Gasteiger partial charge in [0.15, 0.2) is 0 Å². The summed E-state index contributed by atoms with van der Waals surface area (Å²) in [5.41, 5.74) is 0.234. The molecule has 0 saturated carbocycles. The van der Waals surface area contributed by atoms with Gasteiger partial charge in [-0.25, -0.2) is 0 Å². The average molecular weight is 306 g/mol. The molecule has 0 spiro atoms. The van der Waals surface area contributed by atoms with Crippen LogP contribution >= 0.6 is 23.2 Å². The summed E-state index contributed by atoms with van der Waals surface area (Å²) in [7, 11) is 0. The van der Waals surface area contributed by atoms with Crippen molar-refractivity contribution < 1.29 is 10.2 Å². The Kier molecular flexibility index (Phi) is 6.57. The van der Waals surface area contributed by atoms with Crippen molar-refractivity contribution in [1.82, 2.24) is 5.32 Å². The Hall–Kier alpha value is -0.320. The lowest BCUT2D eigenvalue weighted by Crippen LogP contribution is -2.52. The number of aliphatic hydroxyl groups excluding tert-OH is 2. The predicted octanol–water partition coefficient (Wildman–Crippen LogP) is 3.17. The van der Waals surface area contributed by atoms with Crippen molar-refractivity contribution in [3.05, 3.63) is 33.8 Å². The molecule has 5 heteroatoms. The maximum atomic E-state index is 9.50. The number of hydrogen-bond donors (Lipinski definition) is 3. The molecule has 3 nitrogen and oxygen atoms in total. The van der Waals surface area contributed by atoms with Gasteiger partial charge in [-0.1, -0.05) is 43.1 Å². The van der Waals surface area contributed by atoms with E-state index in [9.17, 15) is 10.2 Å². The second kappa shape index (κ2) is 7.46. The first-order valence-corrected chi connectivity index (χ1v) is 7.21. The van der Waals surface area contributed by atoms with Crippen molar-refractivity contribution in [3.63, 3.8) is 0 Å². The van der Waals surface area contributed by atoms with Crippen molar-refractivity contribution in [1.29, 1.82) is 0 Å². The summed E-state index contributed by atoms with van der Waals surface area (Å²) in [5.74, 6) is 0. The lowest BCUT2D eigenvalue weighted by atomic mass is 9.94. The number of nitrogens with one attached hydrogen (secondary N) is 1. The number of halogens is 2. The van der Waals surface area contributed by atoms with Crippen molar-refractivity contribution in [3.8, 4) is 0 Å². The van der Waals surface area contributed by atoms with Gasteiger partial charge in [0.1, 0.15) is 0 Å². The minimum Gasteiger partial charge on any atom is -0.394 e. The number of hydrogen-bond acceptors (Lipinski definition) is 3. The molecule has 3 N–H and O–H groups in total. The first-order valence-electron chi connectivity index (χ1n) is 6.46. The molecule has 108 valence electrons. The lowest BCUT2D eigenvalue weighted by molar-refractivity contribution is 0.0768. The summed E-state index contributed by atoms with van der Waals surface area (Å²) in [6.07, 6.45) is 1.42. The van der Waals surface area contributed by atoms with Crippen molar-refractivity contribution >= 4 is 23.2 Å². The largest absolute Gasteiger partial charge is 0.394 e. The highest BCUT2D eigenvalue weighted by molar-refractivity contribution is 6.35. The van der Waals surface area contributed by atoms with Crippen LogP contribution in [0, 0.1) is 0 Å². The van der Waals surface area contributed by atoms with E-state index < -0.39 is 5.54 Å². The summed E-state index contributed by atoms with van der Waals surface area (Å²) in [5, 5.41) is 23.5. The standard InChI is InChI=1S/C14H21Cl2NO2/c1-3-13(17-14(4-2,8-18)9-19)11-6-5-10(15)7-12(11)16/h5-7,13,17-19H,3-4,8-9H2,1-2H3. The molecule has 0 aliphatic heterocycles. The summed E-state index contributed by atoms with van der Waals surface area (Å²) in [6.45, 7) is 3.71. The van der Waals surface area contributed by atoms with E-state index in [-0.39, 0.29) is 19.3 Å². The molecule has 1 aromatic rings. The van der Waals surface area contributed by atoms with Gasteiger partial charge in [0.25, 0.3) is 0 Å². The average Bonchev–Trinajstić information content (AvgIpc) is 2.42. The molecule has 1 aromatic carbocycles. The van der Waals surface area contributed by atoms with Gasteiger partial charge in [-0.05, 0) is 30.5 Å². The summed E-state index contributed by atoms with van der Waals surface area (Å²) in [6, 6.07) is 5.33. The molecule has 0 radical (unpaired) electrons. The van der Waals surface area contributed by atoms with Gasteiger partial charge in [-0.3, -0.25) is 0 Å². The van der Waals surface area contributed by atoms with Crippen LogP contribution in [0.3, 0.4) is 0 Å². The third-order valence-corrected chi connectivity index (χ3v) is 4.07. The fourth-order valence-corrected chi connectivity index (χ4v) is 2.56. The molecular weight excluding hydrogens is 285 g/mol. The smallest absolute Gasteiger partial charge is 0.0650 e. The van der Waals surface area contributed by atoms with Crippen LogP contribution in [0.25, 0.3) is 0 Å². The highest BCUT2D eigenvalue weighted by Crippen LogP contribution is 2.30. The Morgan fingerprint density at radius 2 is 1.84 bits per heavy atom. The summed E-state index contributed by atoms with van der Waals surface area (Å²) in [4.78, 5) is 0. The van der Waals surface area contributed by atoms with Gasteiger partial charge >= 0.3 is 0 Å². The van der Waals surface area contributed by atoms with E-state index in [0.29, 0.717) is 16.5 Å². The third-order valence-electron chi connectivity index (χ3n) is 3.51. The molecular formula is C14H21Cl2NO2. The monoisotopic (exact) mass is 305 g/mol. The van der Waals surface area contributed by atoms with Crippen LogP contribution in [0.2, 0.25) is 10.0 Å². The van der Waals surface area contributed by atoms with Crippen LogP contribution in [-0.2, 0) is 0 Å². The minimum atomic E-state index is -0.691. The van der Waals surface area contributed by atoms with Gasteiger partial charge in [-0.15, -0.1) is 0 Å². The van der Waals surface area contributed by atoms with Gasteiger partial charge in [0.2, 0.25) is 0 Å². The fraction of sp³-hybridized carbons (Fsp3) is 0.571. The normalized spacial score (nSPS) is 13.6. The molecule has 0 aliphatic rings. The first-order chi connectivity index (χ1) is 9.01. The van der Waals surface area contributed by atoms with Gasteiger partial charge in [-0.2, -0.15) is 0 Å². The predicted molar refractivity (Wildman–Crippen MR) is 79.8 cm³/mol. The van der Waals surface area contributed by atoms with Gasteiger partial charge in [0.05, 0.1) is 18.8 Å². The summed E-state index contributed by atoms with van der Waals surface area (Å²) < 4.78 is 0. The maximum absolute atomic E-state index is 9.50. The van der Waals surface area contributed by atoms with Crippen molar-refractivity contribution in [2.75, 3.05) is 13.2 Å². The molecule has 1 rings (SSSR count). The second-order valence-electron chi connectivity index (χ2n) is 4.72. The molecule has 1 atom stereocenters. The topological polar surface area (TPSA) is 52.5 Å². The van der Waals surface area contributed by atoms with E-state index in [1.807, 2.05) is 19.9 Å². The van der Waals surface area contributed by atoms with E-state index in [2.05, 4.69) is 5.32 Å². The Bertz CT molecular complexity index is 400. The highest BCUT2D eigenvalue weighted by atomic mass is 35.5. The molecule has 1 unspecified atom stereocenters. The molecule has 0 amide bonds. The van der Waals surface area contributed by atoms with E-state index in [1.54, 1.807) is 12.1 Å². The molecule has 0 bridgehead atoms. The quantitative estimate of drug-likeness (QED) is 0.725. The molecule has 0 saturated heterocycles. The van der Waals surface area contributed by atoms with Crippen LogP contribution in [0.1, 0.15) is 38.3 Å². The van der Waals surface area contributed by atoms with Crippen LogP contribution in [-0.4, -0.2) is 29.0 Å². The zero-order valence-corrected chi connectivity index (χ0v) is 12.8. The Balaban J connectivity index is 3.00. The fourth-order valence-electron chi connectivity index (χ4n) is 2.02. The highest BCUT2D eigenvalue weighted by Gasteiger charge is 2.30. The molecule has 0 fully saturated rings. The molecule has 0 aliphatic carbocycles. The van der Waals surface area contributed by atoms with E-state index in [0.717, 1.165) is 12.0 Å². The molecule has 0 heterocycles. The number of benzene rings is 1. The first kappa shape index (κ1) is 16.7. The maximum Gasteiger partial charge on any atom is 0.0650 e. The van der Waals surface area contributed by atoms with Crippen LogP contribution in [0.4, 0.5) is 0 Å².